The van der Waals surface area contributed by atoms with E-state index in [2.05, 4.69) is 5.10 Å². The minimum Gasteiger partial charge on any atom is -0.477 e. The van der Waals surface area contributed by atoms with E-state index in [1.165, 1.54) is 12.3 Å². The minimum absolute atomic E-state index is 0.256. The van der Waals surface area contributed by atoms with Crippen LogP contribution < -0.4 is 5.43 Å². The molecule has 0 aliphatic rings. The van der Waals surface area contributed by atoms with Crippen molar-refractivity contribution >= 4 is 17.6 Å². The highest BCUT2D eigenvalue weighted by Crippen LogP contribution is 2.20. The first-order chi connectivity index (χ1) is 9.31. The molecule has 20 heavy (non-hydrogen) atoms. The number of hydrogen-bond donors (Lipinski definition) is 1. The predicted octanol–water partition coefficient (Wildman–Crippen LogP) is 1.60. The average molecular weight is 296 g/mol. The summed E-state index contributed by atoms with van der Waals surface area (Å²) in [5.74, 6) is -1.24. The Hall–Kier alpha value is -2.08. The molecule has 0 amide bonds. The van der Waals surface area contributed by atoms with Gasteiger partial charge in [0.2, 0.25) is 0 Å². The van der Waals surface area contributed by atoms with Crippen LogP contribution in [0.25, 0.3) is 0 Å². The fourth-order valence-electron chi connectivity index (χ4n) is 2.03. The Bertz CT molecular complexity index is 746. The summed E-state index contributed by atoms with van der Waals surface area (Å²) >= 11 is 6.16. The SMILES string of the molecule is Cc1nn(C)c(Cl)c1Cn1cc(C(=O)O)c(=O)cc1C. The van der Waals surface area contributed by atoms with Gasteiger partial charge in [0, 0.05) is 30.6 Å². The number of nitrogens with zero attached hydrogens (tertiary/aromatic N) is 3. The zero-order valence-electron chi connectivity index (χ0n) is 11.3. The number of aryl methyl sites for hydroxylation is 3. The first-order valence-electron chi connectivity index (χ1n) is 5.93. The zero-order chi connectivity index (χ0) is 15.0. The summed E-state index contributed by atoms with van der Waals surface area (Å²) in [7, 11) is 1.74. The van der Waals surface area contributed by atoms with Gasteiger partial charge in [-0.15, -0.1) is 0 Å². The molecule has 0 radical (unpaired) electrons. The third kappa shape index (κ3) is 2.46. The Morgan fingerprint density at radius 2 is 2.10 bits per heavy atom. The number of aromatic carboxylic acids is 1. The Morgan fingerprint density at radius 1 is 1.45 bits per heavy atom. The van der Waals surface area contributed by atoms with Gasteiger partial charge in [-0.3, -0.25) is 9.48 Å². The maximum Gasteiger partial charge on any atom is 0.341 e. The lowest BCUT2D eigenvalue weighted by atomic mass is 10.2. The second-order valence-corrected chi connectivity index (χ2v) is 4.96. The molecule has 0 saturated carbocycles. The normalized spacial score (nSPS) is 10.8. The number of carboxylic acids is 1. The Morgan fingerprint density at radius 3 is 2.60 bits per heavy atom. The fourth-order valence-corrected chi connectivity index (χ4v) is 2.26. The monoisotopic (exact) mass is 295 g/mol. The molecule has 0 atom stereocenters. The number of hydrogen-bond acceptors (Lipinski definition) is 3. The summed E-state index contributed by atoms with van der Waals surface area (Å²) in [4.78, 5) is 22.6. The molecule has 2 rings (SSSR count). The van der Waals surface area contributed by atoms with Gasteiger partial charge in [0.1, 0.15) is 10.7 Å². The third-order valence-electron chi connectivity index (χ3n) is 3.17. The number of rotatable bonds is 3. The van der Waals surface area contributed by atoms with Gasteiger partial charge in [-0.1, -0.05) is 11.6 Å². The van der Waals surface area contributed by atoms with Gasteiger partial charge in [0.25, 0.3) is 0 Å². The van der Waals surface area contributed by atoms with E-state index in [4.69, 9.17) is 16.7 Å². The molecule has 7 heteroatoms. The molecule has 2 aromatic rings. The summed E-state index contributed by atoms with van der Waals surface area (Å²) in [5, 5.41) is 13.7. The first-order valence-corrected chi connectivity index (χ1v) is 6.31. The van der Waals surface area contributed by atoms with E-state index < -0.39 is 11.4 Å². The van der Waals surface area contributed by atoms with E-state index >= 15 is 0 Å². The van der Waals surface area contributed by atoms with E-state index in [0.717, 1.165) is 11.3 Å². The lowest BCUT2D eigenvalue weighted by Gasteiger charge is -2.11. The van der Waals surface area contributed by atoms with Crippen molar-refractivity contribution in [2.45, 2.75) is 20.4 Å². The van der Waals surface area contributed by atoms with Crippen LogP contribution in [0.15, 0.2) is 17.1 Å². The number of carbonyl (C=O) groups is 1. The maximum absolute atomic E-state index is 11.6. The second kappa shape index (κ2) is 5.13. The molecule has 0 unspecified atom stereocenters. The van der Waals surface area contributed by atoms with Gasteiger partial charge < -0.3 is 9.67 Å². The Labute approximate surface area is 120 Å². The van der Waals surface area contributed by atoms with Gasteiger partial charge in [0.05, 0.1) is 12.2 Å². The van der Waals surface area contributed by atoms with Crippen LogP contribution in [0.4, 0.5) is 0 Å². The Kier molecular flexibility index (Phi) is 3.67. The largest absolute Gasteiger partial charge is 0.477 e. The average Bonchev–Trinajstić information content (AvgIpc) is 2.58. The minimum atomic E-state index is -1.24. The van der Waals surface area contributed by atoms with Crippen molar-refractivity contribution in [3.8, 4) is 0 Å². The van der Waals surface area contributed by atoms with E-state index in [1.807, 2.05) is 6.92 Å². The van der Waals surface area contributed by atoms with E-state index in [0.29, 0.717) is 17.4 Å². The van der Waals surface area contributed by atoms with Gasteiger partial charge in [-0.05, 0) is 13.8 Å². The highest BCUT2D eigenvalue weighted by atomic mass is 35.5. The fraction of sp³-hybridized carbons (Fsp3) is 0.308. The molecule has 2 aromatic heterocycles. The lowest BCUT2D eigenvalue weighted by molar-refractivity contribution is 0.0694. The quantitative estimate of drug-likeness (QED) is 0.933. The Balaban J connectivity index is 2.51. The molecule has 6 nitrogen and oxygen atoms in total. The van der Waals surface area contributed by atoms with E-state index in [1.54, 1.807) is 23.2 Å². The third-order valence-corrected chi connectivity index (χ3v) is 3.64. The van der Waals surface area contributed by atoms with Crippen LogP contribution in [0.1, 0.15) is 27.3 Å². The van der Waals surface area contributed by atoms with Crippen LogP contribution in [0.3, 0.4) is 0 Å². The van der Waals surface area contributed by atoms with Crippen molar-refractivity contribution in [2.24, 2.45) is 7.05 Å². The van der Waals surface area contributed by atoms with E-state index in [-0.39, 0.29) is 5.56 Å². The van der Waals surface area contributed by atoms with Crippen LogP contribution >= 0.6 is 11.6 Å². The van der Waals surface area contributed by atoms with Crippen molar-refractivity contribution in [1.29, 1.82) is 0 Å². The number of aromatic nitrogens is 3. The molecule has 0 aliphatic carbocycles. The molecule has 0 spiro atoms. The van der Waals surface area contributed by atoms with Gasteiger partial charge in [-0.2, -0.15) is 5.10 Å². The topological polar surface area (TPSA) is 77.1 Å². The smallest absolute Gasteiger partial charge is 0.341 e. The molecule has 0 bridgehead atoms. The summed E-state index contributed by atoms with van der Waals surface area (Å²) in [5.41, 5.74) is 1.48. The highest BCUT2D eigenvalue weighted by Gasteiger charge is 2.15. The number of halogens is 1. The van der Waals surface area contributed by atoms with E-state index in [9.17, 15) is 9.59 Å². The molecule has 2 heterocycles. The van der Waals surface area contributed by atoms with Gasteiger partial charge in [0.15, 0.2) is 5.43 Å². The zero-order valence-corrected chi connectivity index (χ0v) is 12.1. The molecule has 0 aliphatic heterocycles. The summed E-state index contributed by atoms with van der Waals surface area (Å²) in [6.07, 6.45) is 1.34. The van der Waals surface area contributed by atoms with Crippen molar-refractivity contribution in [1.82, 2.24) is 14.3 Å². The molecule has 0 aromatic carbocycles. The van der Waals surface area contributed by atoms with Crippen LogP contribution in [0.2, 0.25) is 5.15 Å². The second-order valence-electron chi connectivity index (χ2n) is 4.60. The first kappa shape index (κ1) is 14.3. The summed E-state index contributed by atoms with van der Waals surface area (Å²) < 4.78 is 3.24. The standard InChI is InChI=1S/C13H14ClN3O3/c1-7-4-11(18)10(13(19)20)6-17(7)5-9-8(2)15-16(3)12(9)14/h4,6H,5H2,1-3H3,(H,19,20). The van der Waals surface area contributed by atoms with Crippen LogP contribution in [0, 0.1) is 13.8 Å². The van der Waals surface area contributed by atoms with Crippen LogP contribution in [0.5, 0.6) is 0 Å². The molecule has 0 saturated heterocycles. The van der Waals surface area contributed by atoms with Gasteiger partial charge in [-0.25, -0.2) is 4.79 Å². The van der Waals surface area contributed by atoms with Crippen LogP contribution in [-0.2, 0) is 13.6 Å². The molecular weight excluding hydrogens is 282 g/mol. The van der Waals surface area contributed by atoms with Crippen molar-refractivity contribution < 1.29 is 9.90 Å². The van der Waals surface area contributed by atoms with Crippen molar-refractivity contribution in [2.75, 3.05) is 0 Å². The maximum atomic E-state index is 11.6. The number of pyridine rings is 1. The predicted molar refractivity (Wildman–Crippen MR) is 74.5 cm³/mol. The van der Waals surface area contributed by atoms with Crippen molar-refractivity contribution in [3.63, 3.8) is 0 Å². The number of carboxylic acid groups (broad SMARTS) is 1. The molecular formula is C13H14ClN3O3. The highest BCUT2D eigenvalue weighted by molar-refractivity contribution is 6.30. The molecule has 1 N–H and O–H groups in total. The summed E-state index contributed by atoms with van der Waals surface area (Å²) in [6.45, 7) is 3.94. The van der Waals surface area contributed by atoms with Gasteiger partial charge >= 0.3 is 5.97 Å². The summed E-state index contributed by atoms with van der Waals surface area (Å²) in [6, 6.07) is 1.31. The van der Waals surface area contributed by atoms with Crippen molar-refractivity contribution in [3.05, 3.63) is 50.2 Å². The molecule has 106 valence electrons. The molecule has 0 fully saturated rings. The van der Waals surface area contributed by atoms with Crippen LogP contribution in [-0.4, -0.2) is 25.4 Å². The lowest BCUT2D eigenvalue weighted by Crippen LogP contribution is -2.19.